The van der Waals surface area contributed by atoms with Crippen molar-refractivity contribution in [3.8, 4) is 11.3 Å². The van der Waals surface area contributed by atoms with Crippen molar-refractivity contribution in [2.24, 2.45) is 0 Å². The van der Waals surface area contributed by atoms with Gasteiger partial charge >= 0.3 is 5.97 Å². The van der Waals surface area contributed by atoms with Crippen molar-refractivity contribution >= 4 is 11.9 Å². The number of hydrogen-bond donors (Lipinski definition) is 0. The highest BCUT2D eigenvalue weighted by molar-refractivity contribution is 5.98. The predicted molar refractivity (Wildman–Crippen MR) is 82.8 cm³/mol. The van der Waals surface area contributed by atoms with Crippen LogP contribution in [-0.2, 0) is 9.53 Å². The Kier molecular flexibility index (Phi) is 4.41. The Hall–Kier alpha value is -2.63. The van der Waals surface area contributed by atoms with Gasteiger partial charge in [-0.1, -0.05) is 35.5 Å². The van der Waals surface area contributed by atoms with Crippen molar-refractivity contribution in [2.75, 3.05) is 19.7 Å². The van der Waals surface area contributed by atoms with E-state index < -0.39 is 5.97 Å². The van der Waals surface area contributed by atoms with Gasteiger partial charge in [-0.2, -0.15) is 0 Å². The van der Waals surface area contributed by atoms with Gasteiger partial charge in [0.25, 0.3) is 5.91 Å². The number of benzene rings is 1. The molecule has 0 bridgehead atoms. The molecule has 1 saturated heterocycles. The Labute approximate surface area is 134 Å². The van der Waals surface area contributed by atoms with Crippen molar-refractivity contribution in [1.82, 2.24) is 10.1 Å². The molecule has 1 aromatic heterocycles. The second-order valence-corrected chi connectivity index (χ2v) is 5.49. The molecule has 1 aliphatic rings. The van der Waals surface area contributed by atoms with E-state index >= 15 is 0 Å². The number of aromatic nitrogens is 1. The molecule has 2 heterocycles. The summed E-state index contributed by atoms with van der Waals surface area (Å²) in [4.78, 5) is 26.0. The highest BCUT2D eigenvalue weighted by Gasteiger charge is 2.25. The number of hydrogen-bond acceptors (Lipinski definition) is 5. The van der Waals surface area contributed by atoms with Gasteiger partial charge in [0.1, 0.15) is 17.0 Å². The minimum Gasteiger partial charge on any atom is -0.452 e. The topological polar surface area (TPSA) is 72.6 Å². The third kappa shape index (κ3) is 3.26. The molecule has 0 aliphatic carbocycles. The first-order valence-corrected chi connectivity index (χ1v) is 7.63. The fourth-order valence-electron chi connectivity index (χ4n) is 2.66. The van der Waals surface area contributed by atoms with Crippen LogP contribution in [0.15, 0.2) is 34.9 Å². The number of carbonyl (C=O) groups excluding carboxylic acids is 2. The summed E-state index contributed by atoms with van der Waals surface area (Å²) in [5, 5.41) is 3.94. The zero-order valence-electron chi connectivity index (χ0n) is 12.9. The van der Waals surface area contributed by atoms with Gasteiger partial charge in [-0.15, -0.1) is 0 Å². The van der Waals surface area contributed by atoms with Crippen molar-refractivity contribution in [3.05, 3.63) is 41.7 Å². The number of rotatable bonds is 4. The van der Waals surface area contributed by atoms with E-state index in [1.807, 2.05) is 30.3 Å². The SMILES string of the molecule is Cc1onc(-c2ccccc2)c1C(=O)OCC(=O)N1CCCC1. The van der Waals surface area contributed by atoms with Crippen molar-refractivity contribution in [3.63, 3.8) is 0 Å². The lowest BCUT2D eigenvalue weighted by molar-refractivity contribution is -0.133. The Bertz CT molecular complexity index is 703. The van der Waals surface area contributed by atoms with Crippen molar-refractivity contribution in [2.45, 2.75) is 19.8 Å². The minimum absolute atomic E-state index is 0.161. The summed E-state index contributed by atoms with van der Waals surface area (Å²) in [6.45, 7) is 2.87. The van der Waals surface area contributed by atoms with Crippen LogP contribution < -0.4 is 0 Å². The van der Waals surface area contributed by atoms with Gasteiger partial charge in [0.15, 0.2) is 6.61 Å². The predicted octanol–water partition coefficient (Wildman–Crippen LogP) is 2.43. The fraction of sp³-hybridized carbons (Fsp3) is 0.353. The summed E-state index contributed by atoms with van der Waals surface area (Å²) >= 11 is 0. The number of esters is 1. The molecule has 0 atom stereocenters. The summed E-state index contributed by atoms with van der Waals surface area (Å²) in [5.74, 6) is -0.371. The molecule has 0 N–H and O–H groups in total. The van der Waals surface area contributed by atoms with Gasteiger partial charge in [0.05, 0.1) is 0 Å². The second-order valence-electron chi connectivity index (χ2n) is 5.49. The van der Waals surface area contributed by atoms with Gasteiger partial charge in [-0.3, -0.25) is 4.79 Å². The van der Waals surface area contributed by atoms with Gasteiger partial charge in [-0.25, -0.2) is 4.79 Å². The highest BCUT2D eigenvalue weighted by atomic mass is 16.5. The van der Waals surface area contributed by atoms with E-state index in [1.165, 1.54) is 0 Å². The van der Waals surface area contributed by atoms with E-state index in [0.717, 1.165) is 31.5 Å². The molecule has 2 aromatic rings. The maximum Gasteiger partial charge on any atom is 0.344 e. The standard InChI is InChI=1S/C17H18N2O4/c1-12-15(16(18-23-12)13-7-3-2-4-8-13)17(21)22-11-14(20)19-9-5-6-10-19/h2-4,7-8H,5-6,9-11H2,1H3. The first-order valence-electron chi connectivity index (χ1n) is 7.63. The third-order valence-electron chi connectivity index (χ3n) is 3.90. The molecular weight excluding hydrogens is 296 g/mol. The molecule has 1 aromatic carbocycles. The molecule has 0 radical (unpaired) electrons. The smallest absolute Gasteiger partial charge is 0.344 e. The van der Waals surface area contributed by atoms with Gasteiger partial charge in [0, 0.05) is 18.7 Å². The second kappa shape index (κ2) is 6.64. The van der Waals surface area contributed by atoms with Crippen LogP contribution in [0.3, 0.4) is 0 Å². The summed E-state index contributed by atoms with van der Waals surface area (Å²) in [6.07, 6.45) is 2.01. The largest absolute Gasteiger partial charge is 0.452 e. The molecule has 1 fully saturated rings. The Morgan fingerprint density at radius 2 is 1.91 bits per heavy atom. The fourth-order valence-corrected chi connectivity index (χ4v) is 2.66. The van der Waals surface area contributed by atoms with Crippen molar-refractivity contribution in [1.29, 1.82) is 0 Å². The number of likely N-dealkylation sites (tertiary alicyclic amines) is 1. The molecule has 0 spiro atoms. The lowest BCUT2D eigenvalue weighted by Gasteiger charge is -2.14. The molecule has 0 saturated carbocycles. The van der Waals surface area contributed by atoms with E-state index in [4.69, 9.17) is 9.26 Å². The summed E-state index contributed by atoms with van der Waals surface area (Å²) < 4.78 is 10.3. The Morgan fingerprint density at radius 1 is 1.22 bits per heavy atom. The van der Waals surface area contributed by atoms with Gasteiger partial charge in [-0.05, 0) is 19.8 Å². The van der Waals surface area contributed by atoms with E-state index in [1.54, 1.807) is 11.8 Å². The van der Waals surface area contributed by atoms with Crippen LogP contribution in [0, 0.1) is 6.92 Å². The van der Waals surface area contributed by atoms with Gasteiger partial charge in [0.2, 0.25) is 0 Å². The first-order chi connectivity index (χ1) is 11.2. The van der Waals surface area contributed by atoms with E-state index in [0.29, 0.717) is 11.5 Å². The summed E-state index contributed by atoms with van der Waals surface area (Å²) in [5.41, 5.74) is 1.47. The van der Waals surface area contributed by atoms with Crippen LogP contribution in [0.5, 0.6) is 0 Å². The van der Waals surface area contributed by atoms with Gasteiger partial charge < -0.3 is 14.2 Å². The quantitative estimate of drug-likeness (QED) is 0.810. The number of ether oxygens (including phenoxy) is 1. The molecule has 6 nitrogen and oxygen atoms in total. The average Bonchev–Trinajstić information content (AvgIpc) is 3.23. The molecular formula is C17H18N2O4. The lowest BCUT2D eigenvalue weighted by atomic mass is 10.1. The number of aryl methyl sites for hydroxylation is 1. The maximum atomic E-state index is 12.3. The van der Waals surface area contributed by atoms with E-state index in [9.17, 15) is 9.59 Å². The summed E-state index contributed by atoms with van der Waals surface area (Å²) in [7, 11) is 0. The highest BCUT2D eigenvalue weighted by Crippen LogP contribution is 2.25. The van der Waals surface area contributed by atoms with Crippen LogP contribution in [0.1, 0.15) is 29.0 Å². The zero-order chi connectivity index (χ0) is 16.2. The third-order valence-corrected chi connectivity index (χ3v) is 3.90. The van der Waals surface area contributed by atoms with Crippen LogP contribution in [-0.4, -0.2) is 41.6 Å². The number of carbonyl (C=O) groups is 2. The van der Waals surface area contributed by atoms with Crippen molar-refractivity contribution < 1.29 is 18.8 Å². The molecule has 3 rings (SSSR count). The molecule has 23 heavy (non-hydrogen) atoms. The number of nitrogens with zero attached hydrogens (tertiary/aromatic N) is 2. The molecule has 0 unspecified atom stereocenters. The molecule has 6 heteroatoms. The molecule has 1 aliphatic heterocycles. The molecule has 120 valence electrons. The lowest BCUT2D eigenvalue weighted by Crippen LogP contribution is -2.32. The van der Waals surface area contributed by atoms with Crippen LogP contribution in [0.4, 0.5) is 0 Å². The van der Waals surface area contributed by atoms with E-state index in [-0.39, 0.29) is 18.1 Å². The number of amides is 1. The maximum absolute atomic E-state index is 12.3. The summed E-state index contributed by atoms with van der Waals surface area (Å²) in [6, 6.07) is 9.26. The average molecular weight is 314 g/mol. The Balaban J connectivity index is 1.72. The Morgan fingerprint density at radius 3 is 2.61 bits per heavy atom. The normalized spacial score (nSPS) is 14.0. The van der Waals surface area contributed by atoms with E-state index in [2.05, 4.69) is 5.16 Å². The molecule has 1 amide bonds. The van der Waals surface area contributed by atoms with Crippen LogP contribution in [0.2, 0.25) is 0 Å². The van der Waals surface area contributed by atoms with Crippen LogP contribution in [0.25, 0.3) is 11.3 Å². The minimum atomic E-state index is -0.588. The zero-order valence-corrected chi connectivity index (χ0v) is 12.9. The monoisotopic (exact) mass is 314 g/mol. The first kappa shape index (κ1) is 15.3. The van der Waals surface area contributed by atoms with Crippen LogP contribution >= 0.6 is 0 Å².